The van der Waals surface area contributed by atoms with Crippen molar-refractivity contribution in [2.24, 2.45) is 0 Å². The van der Waals surface area contributed by atoms with Crippen LogP contribution in [0.5, 0.6) is 11.5 Å². The zero-order valence-electron chi connectivity index (χ0n) is 19.7. The van der Waals surface area contributed by atoms with Crippen molar-refractivity contribution < 1.29 is 14.3 Å². The minimum atomic E-state index is -0.146. The molecule has 3 atom stereocenters. The number of nitrogens with zero attached hydrogens (tertiary/aromatic N) is 2. The summed E-state index contributed by atoms with van der Waals surface area (Å²) in [5.41, 5.74) is 3.34. The molecule has 1 amide bonds. The summed E-state index contributed by atoms with van der Waals surface area (Å²) in [5, 5.41) is 2.99. The van der Waals surface area contributed by atoms with Crippen LogP contribution in [-0.2, 0) is 6.54 Å². The fraction of sp³-hybridized carbons (Fsp3) is 0.357. The van der Waals surface area contributed by atoms with Crippen molar-refractivity contribution in [2.45, 2.75) is 50.4 Å². The zero-order chi connectivity index (χ0) is 23.5. The number of fused-ring (bicyclic) bond motifs is 2. The van der Waals surface area contributed by atoms with Crippen LogP contribution in [0, 0.1) is 0 Å². The number of carbonyl (C=O) groups excluding carboxylic acids is 1. The number of amides is 1. The first-order chi connectivity index (χ1) is 16.6. The minimum Gasteiger partial charge on any atom is -0.497 e. The lowest BCUT2D eigenvalue weighted by atomic mass is 10.0. The highest BCUT2D eigenvalue weighted by atomic mass is 16.5. The number of hydrogen-bond acceptors (Lipinski definition) is 5. The van der Waals surface area contributed by atoms with Gasteiger partial charge in [-0.05, 0) is 86.8 Å². The Labute approximate surface area is 200 Å². The van der Waals surface area contributed by atoms with Gasteiger partial charge in [-0.1, -0.05) is 12.1 Å². The van der Waals surface area contributed by atoms with Gasteiger partial charge in [-0.2, -0.15) is 0 Å². The monoisotopic (exact) mass is 457 g/mol. The largest absolute Gasteiger partial charge is 0.497 e. The first kappa shape index (κ1) is 22.4. The number of nitrogens with one attached hydrogen (secondary N) is 1. The summed E-state index contributed by atoms with van der Waals surface area (Å²) in [6.45, 7) is 0.439. The Morgan fingerprint density at radius 1 is 1.03 bits per heavy atom. The highest BCUT2D eigenvalue weighted by Gasteiger charge is 2.39. The van der Waals surface area contributed by atoms with Gasteiger partial charge in [0.05, 0.1) is 18.4 Å². The highest BCUT2D eigenvalue weighted by Crippen LogP contribution is 2.36. The maximum Gasteiger partial charge on any atom is 0.253 e. The molecule has 2 saturated heterocycles. The second-order valence-corrected chi connectivity index (χ2v) is 9.25. The van der Waals surface area contributed by atoms with Crippen LogP contribution >= 0.6 is 0 Å². The van der Waals surface area contributed by atoms with Crippen LogP contribution in [0.4, 0.5) is 0 Å². The second-order valence-electron chi connectivity index (χ2n) is 9.25. The molecule has 6 heteroatoms. The third kappa shape index (κ3) is 4.92. The normalized spacial score (nSPS) is 21.8. The van der Waals surface area contributed by atoms with E-state index in [0.29, 0.717) is 24.2 Å². The average molecular weight is 458 g/mol. The van der Waals surface area contributed by atoms with Gasteiger partial charge in [0, 0.05) is 30.4 Å². The fourth-order valence-corrected chi connectivity index (χ4v) is 5.12. The molecule has 3 aromatic rings. The molecular formula is C28H31N3O3. The Morgan fingerprint density at radius 2 is 1.79 bits per heavy atom. The molecule has 1 aromatic heterocycles. The Balaban J connectivity index is 1.16. The van der Waals surface area contributed by atoms with E-state index in [9.17, 15) is 4.79 Å². The quantitative estimate of drug-likeness (QED) is 0.558. The Bertz CT molecular complexity index is 1120. The Morgan fingerprint density at radius 3 is 2.47 bits per heavy atom. The van der Waals surface area contributed by atoms with Crippen molar-refractivity contribution >= 4 is 5.91 Å². The summed E-state index contributed by atoms with van der Waals surface area (Å²) in [7, 11) is 3.88. The standard InChI is InChI=1S/C28H31N3O3/c1-31-22-9-10-23(31)16-26(15-22)34-25-5-3-4-19(14-25)17-30-28(32)21-8-13-27(29-18-21)20-6-11-24(33-2)12-7-20/h3-8,11-14,18,22-23,26H,9-10,15-17H2,1-2H3,(H,30,32)/t22-,23+,26?. The van der Waals surface area contributed by atoms with Crippen LogP contribution < -0.4 is 14.8 Å². The lowest BCUT2D eigenvalue weighted by Crippen LogP contribution is -2.43. The lowest BCUT2D eigenvalue weighted by Gasteiger charge is -2.36. The molecule has 0 spiro atoms. The topological polar surface area (TPSA) is 63.7 Å². The van der Waals surface area contributed by atoms with Crippen LogP contribution in [0.2, 0.25) is 0 Å². The van der Waals surface area contributed by atoms with Crippen molar-refractivity contribution in [3.05, 3.63) is 78.0 Å². The number of methoxy groups -OCH3 is 1. The van der Waals surface area contributed by atoms with E-state index < -0.39 is 0 Å². The SMILES string of the molecule is COc1ccc(-c2ccc(C(=O)NCc3cccc(OC4C[C@H]5CC[C@@H](C4)N5C)c3)cn2)cc1. The van der Waals surface area contributed by atoms with Gasteiger partial charge in [0.2, 0.25) is 0 Å². The number of ether oxygens (including phenoxy) is 2. The summed E-state index contributed by atoms with van der Waals surface area (Å²) in [6.07, 6.45) is 6.63. The minimum absolute atomic E-state index is 0.146. The molecule has 2 fully saturated rings. The van der Waals surface area contributed by atoms with Gasteiger partial charge in [-0.15, -0.1) is 0 Å². The smallest absolute Gasteiger partial charge is 0.253 e. The van der Waals surface area contributed by atoms with Gasteiger partial charge in [-0.25, -0.2) is 0 Å². The number of benzene rings is 2. The molecule has 2 bridgehead atoms. The fourth-order valence-electron chi connectivity index (χ4n) is 5.12. The number of hydrogen-bond donors (Lipinski definition) is 1. The van der Waals surface area contributed by atoms with E-state index in [1.54, 1.807) is 19.4 Å². The lowest BCUT2D eigenvalue weighted by molar-refractivity contribution is 0.0661. The molecule has 34 heavy (non-hydrogen) atoms. The molecule has 1 unspecified atom stereocenters. The van der Waals surface area contributed by atoms with Gasteiger partial charge < -0.3 is 19.7 Å². The number of aromatic nitrogens is 1. The van der Waals surface area contributed by atoms with Crippen LogP contribution in [-0.4, -0.2) is 48.1 Å². The molecule has 2 aromatic carbocycles. The van der Waals surface area contributed by atoms with Crippen molar-refractivity contribution in [3.8, 4) is 22.8 Å². The van der Waals surface area contributed by atoms with E-state index in [4.69, 9.17) is 9.47 Å². The first-order valence-electron chi connectivity index (χ1n) is 12.0. The Hall–Kier alpha value is -3.38. The third-order valence-corrected chi connectivity index (χ3v) is 7.12. The third-order valence-electron chi connectivity index (χ3n) is 7.12. The number of carbonyl (C=O) groups is 1. The molecule has 0 radical (unpaired) electrons. The van der Waals surface area contributed by atoms with Gasteiger partial charge in [0.15, 0.2) is 0 Å². The molecule has 3 heterocycles. The van der Waals surface area contributed by atoms with E-state index in [1.807, 2.05) is 54.6 Å². The van der Waals surface area contributed by atoms with Crippen LogP contribution in [0.3, 0.4) is 0 Å². The summed E-state index contributed by atoms with van der Waals surface area (Å²) >= 11 is 0. The maximum atomic E-state index is 12.7. The van der Waals surface area contributed by atoms with Crippen molar-refractivity contribution in [2.75, 3.05) is 14.2 Å². The summed E-state index contributed by atoms with van der Waals surface area (Å²) in [5.74, 6) is 1.53. The summed E-state index contributed by atoms with van der Waals surface area (Å²) in [6, 6.07) is 20.7. The van der Waals surface area contributed by atoms with Gasteiger partial charge in [0.1, 0.15) is 17.6 Å². The van der Waals surface area contributed by atoms with E-state index in [0.717, 1.165) is 41.2 Å². The molecule has 1 N–H and O–H groups in total. The zero-order valence-corrected chi connectivity index (χ0v) is 19.7. The van der Waals surface area contributed by atoms with E-state index in [2.05, 4.69) is 22.2 Å². The number of pyridine rings is 1. The molecule has 0 aliphatic carbocycles. The van der Waals surface area contributed by atoms with Crippen LogP contribution in [0.1, 0.15) is 41.6 Å². The predicted molar refractivity (Wildman–Crippen MR) is 132 cm³/mol. The molecule has 176 valence electrons. The highest BCUT2D eigenvalue weighted by molar-refractivity contribution is 5.94. The van der Waals surface area contributed by atoms with Gasteiger partial charge >= 0.3 is 0 Å². The van der Waals surface area contributed by atoms with Crippen molar-refractivity contribution in [1.82, 2.24) is 15.2 Å². The second kappa shape index (κ2) is 9.85. The van der Waals surface area contributed by atoms with Gasteiger partial charge in [-0.3, -0.25) is 9.78 Å². The van der Waals surface area contributed by atoms with E-state index in [1.165, 1.54) is 12.8 Å². The predicted octanol–water partition coefficient (Wildman–Crippen LogP) is 4.69. The first-order valence-corrected chi connectivity index (χ1v) is 12.0. The number of piperidine rings is 1. The molecular weight excluding hydrogens is 426 g/mol. The molecule has 5 rings (SSSR count). The molecule has 2 aliphatic heterocycles. The van der Waals surface area contributed by atoms with Gasteiger partial charge in [0.25, 0.3) is 5.91 Å². The summed E-state index contributed by atoms with van der Waals surface area (Å²) < 4.78 is 11.5. The average Bonchev–Trinajstić information content (AvgIpc) is 3.07. The van der Waals surface area contributed by atoms with E-state index >= 15 is 0 Å². The molecule has 6 nitrogen and oxygen atoms in total. The number of rotatable bonds is 7. The molecule has 0 saturated carbocycles. The molecule has 2 aliphatic rings. The van der Waals surface area contributed by atoms with Crippen molar-refractivity contribution in [1.29, 1.82) is 0 Å². The van der Waals surface area contributed by atoms with Crippen LogP contribution in [0.25, 0.3) is 11.3 Å². The Kier molecular flexibility index (Phi) is 6.50. The van der Waals surface area contributed by atoms with E-state index in [-0.39, 0.29) is 12.0 Å². The summed E-state index contributed by atoms with van der Waals surface area (Å²) in [4.78, 5) is 19.6. The van der Waals surface area contributed by atoms with Crippen LogP contribution in [0.15, 0.2) is 66.9 Å². The van der Waals surface area contributed by atoms with Crippen molar-refractivity contribution in [3.63, 3.8) is 0 Å². The maximum absolute atomic E-state index is 12.7.